The van der Waals surface area contributed by atoms with Crippen LogP contribution < -0.4 is 14.9 Å². The monoisotopic (exact) mass is 456 g/mol. The summed E-state index contributed by atoms with van der Waals surface area (Å²) in [6.45, 7) is 0.225. The van der Waals surface area contributed by atoms with Gasteiger partial charge in [0.05, 0.1) is 29.2 Å². The summed E-state index contributed by atoms with van der Waals surface area (Å²) in [6.07, 6.45) is 1.40. The second kappa shape index (κ2) is 10.2. The largest absolute Gasteiger partial charge is 0.493 e. The Bertz CT molecular complexity index is 1180. The molecule has 3 aromatic carbocycles. The average Bonchev–Trinajstić information content (AvgIpc) is 2.77. The lowest BCUT2D eigenvalue weighted by atomic mass is 10.2. The van der Waals surface area contributed by atoms with Crippen molar-refractivity contribution in [3.8, 4) is 11.5 Å². The normalized spacial score (nSPS) is 10.7. The van der Waals surface area contributed by atoms with Crippen molar-refractivity contribution >= 4 is 34.9 Å². The standard InChI is InChI=1S/C21H17ClN4O6/c1-31-20-7-3-5-15(21(20)32-13-14-4-2-6-16(22)10-14)12-23-24-18-9-8-17(25(27)28)11-19(18)26(29)30/h2-12,24H,13H2,1H3. The number of para-hydroxylation sites is 1. The number of nitro groups is 2. The lowest BCUT2D eigenvalue weighted by molar-refractivity contribution is -0.393. The number of non-ortho nitro benzene ring substituents is 1. The van der Waals surface area contributed by atoms with E-state index in [1.165, 1.54) is 19.4 Å². The third-order valence-electron chi connectivity index (χ3n) is 4.28. The van der Waals surface area contributed by atoms with Gasteiger partial charge < -0.3 is 9.47 Å². The van der Waals surface area contributed by atoms with E-state index in [0.29, 0.717) is 22.1 Å². The number of halogens is 1. The van der Waals surface area contributed by atoms with Crippen LogP contribution in [0.4, 0.5) is 17.1 Å². The van der Waals surface area contributed by atoms with Crippen molar-refractivity contribution < 1.29 is 19.3 Å². The Balaban J connectivity index is 1.83. The molecule has 10 nitrogen and oxygen atoms in total. The molecule has 1 N–H and O–H groups in total. The van der Waals surface area contributed by atoms with Crippen molar-refractivity contribution in [1.82, 2.24) is 0 Å². The van der Waals surface area contributed by atoms with Crippen molar-refractivity contribution in [2.75, 3.05) is 12.5 Å². The maximum atomic E-state index is 11.3. The molecule has 0 spiro atoms. The molecule has 0 aromatic heterocycles. The molecule has 11 heteroatoms. The van der Waals surface area contributed by atoms with Gasteiger partial charge in [0, 0.05) is 16.7 Å². The molecule has 0 saturated heterocycles. The number of nitrogens with one attached hydrogen (secondary N) is 1. The molecular formula is C21H17ClN4O6. The predicted molar refractivity (Wildman–Crippen MR) is 120 cm³/mol. The molecule has 0 amide bonds. The quantitative estimate of drug-likeness (QED) is 0.266. The molecule has 3 aromatic rings. The summed E-state index contributed by atoms with van der Waals surface area (Å²) in [4.78, 5) is 20.7. The summed E-state index contributed by atoms with van der Waals surface area (Å²) in [5.74, 6) is 0.885. The highest BCUT2D eigenvalue weighted by molar-refractivity contribution is 6.30. The number of ether oxygens (including phenoxy) is 2. The van der Waals surface area contributed by atoms with E-state index >= 15 is 0 Å². The van der Waals surface area contributed by atoms with Crippen LogP contribution in [0.3, 0.4) is 0 Å². The first-order valence-electron chi connectivity index (χ1n) is 9.15. The number of nitrogens with zero attached hydrogens (tertiary/aromatic N) is 3. The van der Waals surface area contributed by atoms with Crippen molar-refractivity contribution in [1.29, 1.82) is 0 Å². The Morgan fingerprint density at radius 3 is 2.53 bits per heavy atom. The molecule has 0 bridgehead atoms. The number of anilines is 1. The molecule has 3 rings (SSSR count). The molecule has 32 heavy (non-hydrogen) atoms. The van der Waals surface area contributed by atoms with E-state index < -0.39 is 21.2 Å². The highest BCUT2D eigenvalue weighted by atomic mass is 35.5. The first-order valence-corrected chi connectivity index (χ1v) is 9.53. The Morgan fingerprint density at radius 1 is 1.06 bits per heavy atom. The van der Waals surface area contributed by atoms with Crippen LogP contribution in [0.1, 0.15) is 11.1 Å². The summed E-state index contributed by atoms with van der Waals surface area (Å²) in [7, 11) is 1.50. The van der Waals surface area contributed by atoms with Gasteiger partial charge in [-0.2, -0.15) is 5.10 Å². The molecule has 0 unspecified atom stereocenters. The number of hydrogen-bond donors (Lipinski definition) is 1. The van der Waals surface area contributed by atoms with Crippen LogP contribution in [0.15, 0.2) is 65.8 Å². The molecule has 0 saturated carbocycles. The van der Waals surface area contributed by atoms with Crippen LogP contribution in [-0.2, 0) is 6.61 Å². The van der Waals surface area contributed by atoms with E-state index in [1.54, 1.807) is 30.3 Å². The Kier molecular flexibility index (Phi) is 7.19. The fraction of sp³-hybridized carbons (Fsp3) is 0.0952. The maximum Gasteiger partial charge on any atom is 0.301 e. The minimum Gasteiger partial charge on any atom is -0.493 e. The Labute approximate surface area is 187 Å². The first kappa shape index (κ1) is 22.5. The van der Waals surface area contributed by atoms with Gasteiger partial charge in [0.25, 0.3) is 5.69 Å². The minimum atomic E-state index is -0.726. The highest BCUT2D eigenvalue weighted by Crippen LogP contribution is 2.32. The molecule has 0 aliphatic rings. The summed E-state index contributed by atoms with van der Waals surface area (Å²) >= 11 is 6.01. The molecule has 0 aliphatic carbocycles. The van der Waals surface area contributed by atoms with E-state index in [-0.39, 0.29) is 12.3 Å². The number of nitro benzene ring substituents is 2. The average molecular weight is 457 g/mol. The van der Waals surface area contributed by atoms with Gasteiger partial charge in [-0.15, -0.1) is 0 Å². The van der Waals surface area contributed by atoms with E-state index in [9.17, 15) is 20.2 Å². The first-order chi connectivity index (χ1) is 15.4. The summed E-state index contributed by atoms with van der Waals surface area (Å²) < 4.78 is 11.3. The zero-order chi connectivity index (χ0) is 23.1. The molecule has 0 aliphatic heterocycles. The third-order valence-corrected chi connectivity index (χ3v) is 4.51. The Morgan fingerprint density at radius 2 is 1.84 bits per heavy atom. The highest BCUT2D eigenvalue weighted by Gasteiger charge is 2.19. The predicted octanol–water partition coefficient (Wildman–Crippen LogP) is 5.19. The fourth-order valence-electron chi connectivity index (χ4n) is 2.78. The fourth-order valence-corrected chi connectivity index (χ4v) is 3.00. The number of hydrazone groups is 1. The van der Waals surface area contributed by atoms with Crippen molar-refractivity contribution in [2.24, 2.45) is 5.10 Å². The van der Waals surface area contributed by atoms with Gasteiger partial charge in [-0.3, -0.25) is 25.7 Å². The number of hydrogen-bond acceptors (Lipinski definition) is 8. The van der Waals surface area contributed by atoms with E-state index in [1.807, 2.05) is 12.1 Å². The molecule has 0 atom stereocenters. The smallest absolute Gasteiger partial charge is 0.301 e. The number of methoxy groups -OCH3 is 1. The molecule has 0 radical (unpaired) electrons. The Hall–Kier alpha value is -4.18. The van der Waals surface area contributed by atoms with Crippen molar-refractivity contribution in [2.45, 2.75) is 6.61 Å². The van der Waals surface area contributed by atoms with Gasteiger partial charge in [0.1, 0.15) is 12.3 Å². The zero-order valence-corrected chi connectivity index (χ0v) is 17.5. The van der Waals surface area contributed by atoms with Crippen LogP contribution >= 0.6 is 11.6 Å². The van der Waals surface area contributed by atoms with Gasteiger partial charge in [0.2, 0.25) is 0 Å². The lowest BCUT2D eigenvalue weighted by Gasteiger charge is -2.13. The van der Waals surface area contributed by atoms with Crippen LogP contribution in [0.2, 0.25) is 5.02 Å². The van der Waals surface area contributed by atoms with E-state index in [4.69, 9.17) is 21.1 Å². The SMILES string of the molecule is COc1cccc(C=NNc2ccc([N+](=O)[O-])cc2[N+](=O)[O-])c1OCc1cccc(Cl)c1. The zero-order valence-electron chi connectivity index (χ0n) is 16.7. The van der Waals surface area contributed by atoms with Gasteiger partial charge in [-0.1, -0.05) is 29.8 Å². The van der Waals surface area contributed by atoms with E-state index in [2.05, 4.69) is 10.5 Å². The van der Waals surface area contributed by atoms with Crippen molar-refractivity contribution in [3.05, 3.63) is 97.0 Å². The maximum absolute atomic E-state index is 11.3. The molecular weight excluding hydrogens is 440 g/mol. The molecule has 0 heterocycles. The van der Waals surface area contributed by atoms with Gasteiger partial charge in [-0.05, 0) is 35.9 Å². The van der Waals surface area contributed by atoms with Crippen LogP contribution in [0.25, 0.3) is 0 Å². The topological polar surface area (TPSA) is 129 Å². The van der Waals surface area contributed by atoms with Gasteiger partial charge in [0.15, 0.2) is 11.5 Å². The van der Waals surface area contributed by atoms with Crippen molar-refractivity contribution in [3.63, 3.8) is 0 Å². The molecule has 164 valence electrons. The summed E-state index contributed by atoms with van der Waals surface area (Å²) in [6, 6.07) is 15.6. The molecule has 0 fully saturated rings. The summed E-state index contributed by atoms with van der Waals surface area (Å²) in [5.41, 5.74) is 3.08. The number of benzene rings is 3. The number of rotatable bonds is 9. The second-order valence-electron chi connectivity index (χ2n) is 6.38. The minimum absolute atomic E-state index is 0.00106. The lowest BCUT2D eigenvalue weighted by Crippen LogP contribution is -2.02. The van der Waals surface area contributed by atoms with Gasteiger partial charge in [-0.25, -0.2) is 0 Å². The van der Waals surface area contributed by atoms with Crippen LogP contribution in [-0.4, -0.2) is 23.2 Å². The van der Waals surface area contributed by atoms with Gasteiger partial charge >= 0.3 is 5.69 Å². The van der Waals surface area contributed by atoms with Crippen LogP contribution in [0.5, 0.6) is 11.5 Å². The van der Waals surface area contributed by atoms with E-state index in [0.717, 1.165) is 17.7 Å². The second-order valence-corrected chi connectivity index (χ2v) is 6.82. The third kappa shape index (κ3) is 5.49. The summed E-state index contributed by atoms with van der Waals surface area (Å²) in [5, 5.41) is 26.7. The van der Waals surface area contributed by atoms with Crippen LogP contribution in [0, 0.1) is 20.2 Å².